The van der Waals surface area contributed by atoms with E-state index in [4.69, 9.17) is 22.2 Å². The minimum absolute atomic E-state index is 0.175. The molecule has 6 nitrogen and oxygen atoms in total. The smallest absolute Gasteiger partial charge is 0.271 e. The van der Waals surface area contributed by atoms with Gasteiger partial charge >= 0.3 is 0 Å². The molecule has 1 amide bonds. The van der Waals surface area contributed by atoms with E-state index < -0.39 is 0 Å². The molecule has 1 aromatic rings. The number of amides is 1. The number of halogens is 1. The number of ether oxygens (including phenoxy) is 1. The minimum atomic E-state index is -0.297. The Morgan fingerprint density at radius 3 is 3.10 bits per heavy atom. The molecule has 0 bridgehead atoms. The first-order valence-electron chi connectivity index (χ1n) is 6.68. The van der Waals surface area contributed by atoms with Crippen molar-refractivity contribution >= 4 is 23.3 Å². The number of carbonyl (C=O) groups excluding carboxylic acids is 1. The van der Waals surface area contributed by atoms with E-state index in [2.05, 4.69) is 22.7 Å². The number of rotatable bonds is 5. The van der Waals surface area contributed by atoms with Crippen LogP contribution in [0.5, 0.6) is 0 Å². The van der Waals surface area contributed by atoms with Crippen LogP contribution in [-0.2, 0) is 4.74 Å². The Balaban J connectivity index is 1.98. The summed E-state index contributed by atoms with van der Waals surface area (Å²) in [5.74, 6) is 5.72. The number of anilines is 1. The number of pyridine rings is 1. The molecule has 1 aromatic heterocycles. The van der Waals surface area contributed by atoms with Gasteiger partial charge in [-0.2, -0.15) is 0 Å². The molecule has 110 valence electrons. The van der Waals surface area contributed by atoms with Gasteiger partial charge in [-0.1, -0.05) is 18.5 Å². The van der Waals surface area contributed by atoms with Crippen LogP contribution < -0.4 is 16.6 Å². The van der Waals surface area contributed by atoms with Crippen LogP contribution in [0, 0.1) is 5.92 Å². The zero-order valence-electron chi connectivity index (χ0n) is 11.4. The molecule has 1 fully saturated rings. The SMILES string of the molecule is CCC1OCCC1CNC(=O)c1nc(NN)ccc1Cl. The summed E-state index contributed by atoms with van der Waals surface area (Å²) < 4.78 is 5.59. The zero-order valence-corrected chi connectivity index (χ0v) is 12.1. The first kappa shape index (κ1) is 15.0. The predicted molar refractivity (Wildman–Crippen MR) is 77.5 cm³/mol. The van der Waals surface area contributed by atoms with Crippen LogP contribution in [0.1, 0.15) is 30.3 Å². The first-order valence-corrected chi connectivity index (χ1v) is 7.06. The number of hydrazine groups is 1. The van der Waals surface area contributed by atoms with Crippen LogP contribution in [0.15, 0.2) is 12.1 Å². The van der Waals surface area contributed by atoms with Crippen molar-refractivity contribution < 1.29 is 9.53 Å². The molecule has 0 spiro atoms. The van der Waals surface area contributed by atoms with Crippen LogP contribution in [0.3, 0.4) is 0 Å². The molecule has 20 heavy (non-hydrogen) atoms. The number of aromatic nitrogens is 1. The molecule has 2 rings (SSSR count). The first-order chi connectivity index (χ1) is 9.65. The summed E-state index contributed by atoms with van der Waals surface area (Å²) in [4.78, 5) is 16.2. The third-order valence-electron chi connectivity index (χ3n) is 3.48. The normalized spacial score (nSPS) is 21.8. The monoisotopic (exact) mass is 298 g/mol. The summed E-state index contributed by atoms with van der Waals surface area (Å²) in [6, 6.07) is 3.20. The molecule has 0 radical (unpaired) electrons. The highest BCUT2D eigenvalue weighted by molar-refractivity contribution is 6.33. The number of nitrogen functional groups attached to an aromatic ring is 1. The highest BCUT2D eigenvalue weighted by atomic mass is 35.5. The van der Waals surface area contributed by atoms with Gasteiger partial charge in [0.2, 0.25) is 0 Å². The molecule has 4 N–H and O–H groups in total. The molecule has 0 aliphatic carbocycles. The Morgan fingerprint density at radius 1 is 1.60 bits per heavy atom. The van der Waals surface area contributed by atoms with Crippen LogP contribution in [0.25, 0.3) is 0 Å². The molecule has 0 aromatic carbocycles. The zero-order chi connectivity index (χ0) is 14.5. The maximum Gasteiger partial charge on any atom is 0.271 e. The minimum Gasteiger partial charge on any atom is -0.378 e. The van der Waals surface area contributed by atoms with E-state index in [1.165, 1.54) is 0 Å². The van der Waals surface area contributed by atoms with E-state index in [-0.39, 0.29) is 17.7 Å². The van der Waals surface area contributed by atoms with E-state index in [0.29, 0.717) is 23.3 Å². The average Bonchev–Trinajstić information content (AvgIpc) is 2.92. The third-order valence-corrected chi connectivity index (χ3v) is 3.79. The number of hydrogen-bond donors (Lipinski definition) is 3. The van der Waals surface area contributed by atoms with Crippen LogP contribution in [-0.4, -0.2) is 30.1 Å². The quantitative estimate of drug-likeness (QED) is 0.567. The number of nitrogens with one attached hydrogen (secondary N) is 2. The topological polar surface area (TPSA) is 89.3 Å². The number of carbonyl (C=O) groups is 1. The van der Waals surface area contributed by atoms with Crippen molar-refractivity contribution in [2.24, 2.45) is 11.8 Å². The van der Waals surface area contributed by atoms with Gasteiger partial charge in [0.25, 0.3) is 5.91 Å². The second-order valence-electron chi connectivity index (χ2n) is 4.75. The van der Waals surface area contributed by atoms with E-state index in [1.807, 2.05) is 0 Å². The third kappa shape index (κ3) is 3.39. The van der Waals surface area contributed by atoms with Gasteiger partial charge in [0.1, 0.15) is 11.5 Å². The molecule has 0 saturated carbocycles. The number of hydrogen-bond acceptors (Lipinski definition) is 5. The predicted octanol–water partition coefficient (Wildman–Crippen LogP) is 1.57. The van der Waals surface area contributed by atoms with E-state index in [0.717, 1.165) is 19.4 Å². The van der Waals surface area contributed by atoms with Crippen molar-refractivity contribution in [3.63, 3.8) is 0 Å². The van der Waals surface area contributed by atoms with Gasteiger partial charge in [0.05, 0.1) is 11.1 Å². The summed E-state index contributed by atoms with van der Waals surface area (Å²) in [5, 5.41) is 3.16. The van der Waals surface area contributed by atoms with E-state index in [9.17, 15) is 4.79 Å². The summed E-state index contributed by atoms with van der Waals surface area (Å²) in [7, 11) is 0. The summed E-state index contributed by atoms with van der Waals surface area (Å²) in [6.45, 7) is 3.40. The second-order valence-corrected chi connectivity index (χ2v) is 5.15. The molecule has 2 heterocycles. The van der Waals surface area contributed by atoms with Crippen molar-refractivity contribution in [2.45, 2.75) is 25.9 Å². The molecule has 1 aliphatic heterocycles. The fourth-order valence-electron chi connectivity index (χ4n) is 2.37. The molecular weight excluding hydrogens is 280 g/mol. The lowest BCUT2D eigenvalue weighted by atomic mass is 10.00. The Labute approximate surface area is 123 Å². The van der Waals surface area contributed by atoms with Gasteiger partial charge in [0.15, 0.2) is 0 Å². The molecular formula is C13H19ClN4O2. The highest BCUT2D eigenvalue weighted by Gasteiger charge is 2.27. The largest absolute Gasteiger partial charge is 0.378 e. The summed E-state index contributed by atoms with van der Waals surface area (Å²) in [5.41, 5.74) is 2.57. The second kappa shape index (κ2) is 6.88. The fraction of sp³-hybridized carbons (Fsp3) is 0.538. The maximum atomic E-state index is 12.1. The number of nitrogens with two attached hydrogens (primary N) is 1. The lowest BCUT2D eigenvalue weighted by Gasteiger charge is -2.17. The summed E-state index contributed by atoms with van der Waals surface area (Å²) in [6.07, 6.45) is 2.13. The molecule has 1 aliphatic rings. The van der Waals surface area contributed by atoms with Crippen molar-refractivity contribution in [3.05, 3.63) is 22.8 Å². The molecule has 2 unspecified atom stereocenters. The lowest BCUT2D eigenvalue weighted by molar-refractivity contribution is 0.0825. The Hall–Kier alpha value is -1.37. The molecule has 1 saturated heterocycles. The number of nitrogens with zero attached hydrogens (tertiary/aromatic N) is 1. The van der Waals surface area contributed by atoms with E-state index >= 15 is 0 Å². The van der Waals surface area contributed by atoms with Crippen molar-refractivity contribution in [1.29, 1.82) is 0 Å². The Kier molecular flexibility index (Phi) is 5.17. The Bertz CT molecular complexity index is 483. The summed E-state index contributed by atoms with van der Waals surface area (Å²) >= 11 is 5.98. The van der Waals surface area contributed by atoms with Gasteiger partial charge in [-0.3, -0.25) is 4.79 Å². The van der Waals surface area contributed by atoms with Crippen molar-refractivity contribution in [2.75, 3.05) is 18.6 Å². The van der Waals surface area contributed by atoms with Gasteiger partial charge in [-0.25, -0.2) is 10.8 Å². The molecule has 7 heteroatoms. The highest BCUT2D eigenvalue weighted by Crippen LogP contribution is 2.23. The Morgan fingerprint density at radius 2 is 2.40 bits per heavy atom. The van der Waals surface area contributed by atoms with E-state index in [1.54, 1.807) is 12.1 Å². The maximum absolute atomic E-state index is 12.1. The standard InChI is InChI=1S/C13H19ClN4O2/c1-2-10-8(5-6-20-10)7-16-13(19)12-9(14)3-4-11(17-12)18-15/h3-4,8,10H,2,5-7,15H2,1H3,(H,16,19)(H,17,18). The lowest BCUT2D eigenvalue weighted by Crippen LogP contribution is -2.33. The van der Waals surface area contributed by atoms with Gasteiger partial charge in [-0.05, 0) is 25.0 Å². The van der Waals surface area contributed by atoms with Gasteiger partial charge in [0, 0.05) is 19.1 Å². The molecule has 2 atom stereocenters. The average molecular weight is 299 g/mol. The van der Waals surface area contributed by atoms with Crippen molar-refractivity contribution in [1.82, 2.24) is 10.3 Å². The fourth-order valence-corrected chi connectivity index (χ4v) is 2.56. The van der Waals surface area contributed by atoms with Crippen LogP contribution in [0.2, 0.25) is 5.02 Å². The van der Waals surface area contributed by atoms with Crippen LogP contribution in [0.4, 0.5) is 5.82 Å². The van der Waals surface area contributed by atoms with Gasteiger partial charge in [-0.15, -0.1) is 0 Å². The van der Waals surface area contributed by atoms with Crippen molar-refractivity contribution in [3.8, 4) is 0 Å². The van der Waals surface area contributed by atoms with Gasteiger partial charge < -0.3 is 15.5 Å². The van der Waals surface area contributed by atoms with Crippen LogP contribution >= 0.6 is 11.6 Å².